The van der Waals surface area contributed by atoms with E-state index in [1.54, 1.807) is 0 Å². The summed E-state index contributed by atoms with van der Waals surface area (Å²) in [5, 5.41) is 4.02. The molecule has 4 heteroatoms. The summed E-state index contributed by atoms with van der Waals surface area (Å²) in [6.45, 7) is 1.03. The molecule has 4 bridgehead atoms. The molecule has 0 radical (unpaired) electrons. The van der Waals surface area contributed by atoms with Gasteiger partial charge in [0.05, 0.1) is 0 Å². The maximum atomic E-state index is 5.23. The summed E-state index contributed by atoms with van der Waals surface area (Å²) in [6, 6.07) is 12.9. The average Bonchev–Trinajstić information content (AvgIpc) is 3.08. The number of benzene rings is 1. The summed E-state index contributed by atoms with van der Waals surface area (Å²) in [7, 11) is 0. The Hall–Kier alpha value is -0.590. The van der Waals surface area contributed by atoms with Gasteiger partial charge in [0.1, 0.15) is 5.75 Å². The van der Waals surface area contributed by atoms with Crippen LogP contribution < -0.4 is 8.38 Å². The maximum Gasteiger partial charge on any atom is 0.192 e. The predicted molar refractivity (Wildman–Crippen MR) is 112 cm³/mol. The molecule has 25 heavy (non-hydrogen) atoms. The molecule has 4 aliphatic rings. The molecule has 2 aromatic rings. The normalized spacial score (nSPS) is 32.9. The largest absolute Gasteiger partial charge is 0.428 e. The molecule has 0 amide bonds. The van der Waals surface area contributed by atoms with Crippen LogP contribution in [-0.2, 0) is 6.54 Å². The maximum absolute atomic E-state index is 5.23. The van der Waals surface area contributed by atoms with Gasteiger partial charge in [0.25, 0.3) is 0 Å². The van der Waals surface area contributed by atoms with Crippen molar-refractivity contribution >= 4 is 34.3 Å². The first-order valence-electron chi connectivity index (χ1n) is 9.44. The van der Waals surface area contributed by atoms with Crippen molar-refractivity contribution in [3.05, 3.63) is 41.3 Å². The summed E-state index contributed by atoms with van der Waals surface area (Å²) < 4.78 is 5.23. The zero-order chi connectivity index (χ0) is 16.9. The summed E-state index contributed by atoms with van der Waals surface area (Å²) in [6.07, 6.45) is 8.82. The SMILES string of the molecule is IOc1ccc(-c2ccc(CNC34CC5CC(CC(C5)C3)C4)s2)cc1. The van der Waals surface area contributed by atoms with Crippen LogP contribution in [0.3, 0.4) is 0 Å². The van der Waals surface area contributed by atoms with Gasteiger partial charge in [-0.2, -0.15) is 0 Å². The van der Waals surface area contributed by atoms with Crippen molar-refractivity contribution in [2.75, 3.05) is 0 Å². The van der Waals surface area contributed by atoms with Crippen LogP contribution >= 0.6 is 34.3 Å². The van der Waals surface area contributed by atoms with Crippen LogP contribution in [-0.4, -0.2) is 5.54 Å². The molecule has 2 nitrogen and oxygen atoms in total. The minimum absolute atomic E-state index is 0.457. The lowest BCUT2D eigenvalue weighted by Gasteiger charge is -2.57. The third kappa shape index (κ3) is 3.26. The van der Waals surface area contributed by atoms with Crippen molar-refractivity contribution in [3.8, 4) is 16.2 Å². The Bertz CT molecular complexity index is 718. The molecule has 0 saturated heterocycles. The Morgan fingerprint density at radius 1 is 0.960 bits per heavy atom. The smallest absolute Gasteiger partial charge is 0.192 e. The molecule has 0 atom stereocenters. The van der Waals surface area contributed by atoms with Crippen molar-refractivity contribution in [2.45, 2.75) is 50.6 Å². The highest BCUT2D eigenvalue weighted by atomic mass is 127. The second-order valence-corrected chi connectivity index (χ2v) is 10.0. The fourth-order valence-corrected chi connectivity index (χ4v) is 7.15. The highest BCUT2D eigenvalue weighted by Gasteiger charge is 2.50. The molecule has 4 saturated carbocycles. The molecule has 1 aromatic carbocycles. The minimum Gasteiger partial charge on any atom is -0.428 e. The molecule has 1 heterocycles. The zero-order valence-electron chi connectivity index (χ0n) is 14.3. The van der Waals surface area contributed by atoms with Crippen molar-refractivity contribution in [1.29, 1.82) is 0 Å². The molecule has 0 unspecified atom stereocenters. The Morgan fingerprint density at radius 2 is 1.60 bits per heavy atom. The van der Waals surface area contributed by atoms with Gasteiger partial charge in [-0.25, -0.2) is 0 Å². The third-order valence-electron chi connectivity index (χ3n) is 6.57. The molecule has 1 N–H and O–H groups in total. The van der Waals surface area contributed by atoms with Gasteiger partial charge in [-0.1, -0.05) is 0 Å². The van der Waals surface area contributed by atoms with Crippen molar-refractivity contribution in [3.63, 3.8) is 0 Å². The second kappa shape index (κ2) is 6.54. The van der Waals surface area contributed by atoms with E-state index in [0.717, 1.165) is 30.0 Å². The monoisotopic (exact) mass is 465 g/mol. The summed E-state index contributed by atoms with van der Waals surface area (Å²) in [5.41, 5.74) is 1.74. The quantitative estimate of drug-likeness (QED) is 0.531. The van der Waals surface area contributed by atoms with E-state index in [-0.39, 0.29) is 0 Å². The first-order chi connectivity index (χ1) is 12.2. The highest BCUT2D eigenvalue weighted by molar-refractivity contribution is 14.1. The van der Waals surface area contributed by atoms with Gasteiger partial charge in [-0.05, 0) is 98.2 Å². The van der Waals surface area contributed by atoms with Gasteiger partial charge in [0.2, 0.25) is 0 Å². The lowest BCUT2D eigenvalue weighted by Crippen LogP contribution is -2.58. The summed E-state index contributed by atoms with van der Waals surface area (Å²) in [5.74, 6) is 3.94. The predicted octanol–water partition coefficient (Wildman–Crippen LogP) is 6.20. The number of halogens is 1. The van der Waals surface area contributed by atoms with E-state index < -0.39 is 0 Å². The van der Waals surface area contributed by atoms with E-state index in [9.17, 15) is 0 Å². The molecule has 6 rings (SSSR count). The van der Waals surface area contributed by atoms with Crippen molar-refractivity contribution in [1.82, 2.24) is 5.32 Å². The molecular weight excluding hydrogens is 441 g/mol. The van der Waals surface area contributed by atoms with Crippen LogP contribution in [0.15, 0.2) is 36.4 Å². The van der Waals surface area contributed by atoms with Gasteiger partial charge < -0.3 is 8.38 Å². The summed E-state index contributed by atoms with van der Waals surface area (Å²) in [4.78, 5) is 2.81. The number of hydrogen-bond acceptors (Lipinski definition) is 3. The van der Waals surface area contributed by atoms with Crippen LogP contribution in [0.2, 0.25) is 0 Å². The van der Waals surface area contributed by atoms with Gasteiger partial charge in [0, 0.05) is 21.8 Å². The van der Waals surface area contributed by atoms with Gasteiger partial charge >= 0.3 is 0 Å². The van der Waals surface area contributed by atoms with Crippen LogP contribution in [0, 0.1) is 17.8 Å². The molecule has 4 fully saturated rings. The Kier molecular flexibility index (Phi) is 4.33. The van der Waals surface area contributed by atoms with E-state index >= 15 is 0 Å². The lowest BCUT2D eigenvalue weighted by molar-refractivity contribution is -0.0204. The van der Waals surface area contributed by atoms with E-state index in [1.807, 2.05) is 46.5 Å². The zero-order valence-corrected chi connectivity index (χ0v) is 17.3. The first kappa shape index (κ1) is 16.6. The number of rotatable bonds is 5. The first-order valence-corrected chi connectivity index (χ1v) is 11.1. The topological polar surface area (TPSA) is 21.3 Å². The molecule has 0 spiro atoms. The van der Waals surface area contributed by atoms with E-state index in [2.05, 4.69) is 29.6 Å². The Balaban J connectivity index is 1.27. The number of hydrogen-bond donors (Lipinski definition) is 1. The third-order valence-corrected chi connectivity index (χ3v) is 8.21. The van der Waals surface area contributed by atoms with Gasteiger partial charge in [-0.15, -0.1) is 11.3 Å². The molecular formula is C21H24INOS. The van der Waals surface area contributed by atoms with Gasteiger partial charge in [0.15, 0.2) is 23.0 Å². The van der Waals surface area contributed by atoms with Crippen LogP contribution in [0.5, 0.6) is 5.75 Å². The van der Waals surface area contributed by atoms with E-state index in [0.29, 0.717) is 5.54 Å². The Morgan fingerprint density at radius 3 is 2.20 bits per heavy atom. The molecule has 4 aliphatic carbocycles. The lowest BCUT2D eigenvalue weighted by atomic mass is 9.53. The fourth-order valence-electron chi connectivity index (χ4n) is 5.90. The fraction of sp³-hybridized carbons (Fsp3) is 0.524. The minimum atomic E-state index is 0.457. The van der Waals surface area contributed by atoms with E-state index in [4.69, 9.17) is 3.07 Å². The van der Waals surface area contributed by atoms with Crippen LogP contribution in [0.1, 0.15) is 43.4 Å². The average molecular weight is 465 g/mol. The number of nitrogens with one attached hydrogen (secondary N) is 1. The Labute approximate surface area is 168 Å². The highest BCUT2D eigenvalue weighted by Crippen LogP contribution is 2.55. The van der Waals surface area contributed by atoms with E-state index in [1.165, 1.54) is 53.8 Å². The molecule has 1 aromatic heterocycles. The van der Waals surface area contributed by atoms with Crippen molar-refractivity contribution < 1.29 is 3.07 Å². The summed E-state index contributed by atoms with van der Waals surface area (Å²) >= 11 is 3.85. The van der Waals surface area contributed by atoms with Crippen molar-refractivity contribution in [2.24, 2.45) is 17.8 Å². The van der Waals surface area contributed by atoms with Gasteiger partial charge in [-0.3, -0.25) is 0 Å². The molecule has 0 aliphatic heterocycles. The molecule has 132 valence electrons. The van der Waals surface area contributed by atoms with Crippen LogP contribution in [0.4, 0.5) is 0 Å². The van der Waals surface area contributed by atoms with Crippen LogP contribution in [0.25, 0.3) is 10.4 Å². The standard InChI is InChI=1S/C21H24INOS/c22-24-18-3-1-17(2-4-18)20-6-5-19(25-20)13-23-21-10-14-7-15(11-21)9-16(8-14)12-21/h1-6,14-16,23H,7-13H2. The second-order valence-electron chi connectivity index (χ2n) is 8.42. The number of thiophene rings is 1.